The normalized spacial score (nSPS) is 21.0. The molecule has 0 radical (unpaired) electrons. The molecule has 1 N–H and O–H groups in total. The second-order valence-corrected chi connectivity index (χ2v) is 6.94. The molecule has 4 heterocycles. The maximum absolute atomic E-state index is 12.8. The van der Waals surface area contributed by atoms with Crippen LogP contribution in [0.5, 0.6) is 0 Å². The van der Waals surface area contributed by atoms with Gasteiger partial charge in [0, 0.05) is 24.5 Å². The van der Waals surface area contributed by atoms with Crippen LogP contribution in [0.2, 0.25) is 0 Å². The van der Waals surface area contributed by atoms with Crippen molar-refractivity contribution in [3.63, 3.8) is 0 Å². The maximum atomic E-state index is 12.8. The van der Waals surface area contributed by atoms with E-state index in [1.54, 1.807) is 12.4 Å². The number of rotatable bonds is 3. The third kappa shape index (κ3) is 2.41. The highest BCUT2D eigenvalue weighted by atomic mass is 16.5. The zero-order chi connectivity index (χ0) is 19.1. The van der Waals surface area contributed by atoms with Crippen molar-refractivity contribution in [1.29, 1.82) is 0 Å². The summed E-state index contributed by atoms with van der Waals surface area (Å²) in [6.07, 6.45) is 5.88. The molecule has 0 aliphatic carbocycles. The lowest BCUT2D eigenvalue weighted by Crippen LogP contribution is -2.66. The minimum absolute atomic E-state index is 0.0637. The van der Waals surface area contributed by atoms with E-state index in [0.29, 0.717) is 37.8 Å². The summed E-state index contributed by atoms with van der Waals surface area (Å²) in [7, 11) is 0. The van der Waals surface area contributed by atoms with Crippen molar-refractivity contribution in [3.8, 4) is 17.3 Å². The van der Waals surface area contributed by atoms with E-state index < -0.39 is 5.54 Å². The highest BCUT2D eigenvalue weighted by Crippen LogP contribution is 2.39. The van der Waals surface area contributed by atoms with Gasteiger partial charge in [-0.25, -0.2) is 9.97 Å². The van der Waals surface area contributed by atoms with E-state index in [1.807, 2.05) is 48.0 Å². The van der Waals surface area contributed by atoms with Crippen molar-refractivity contribution in [3.05, 3.63) is 48.9 Å². The summed E-state index contributed by atoms with van der Waals surface area (Å²) in [5, 5.41) is 2.96. The van der Waals surface area contributed by atoms with Crippen LogP contribution in [0, 0.1) is 0 Å². The van der Waals surface area contributed by atoms with Gasteiger partial charge in [-0.15, -0.1) is 0 Å². The van der Waals surface area contributed by atoms with Crippen LogP contribution in [0.15, 0.2) is 48.9 Å². The quantitative estimate of drug-likeness (QED) is 0.755. The molecule has 8 nitrogen and oxygen atoms in total. The largest absolute Gasteiger partial charge is 0.377 e. The molecule has 8 heteroatoms. The van der Waals surface area contributed by atoms with E-state index in [1.165, 1.54) is 0 Å². The van der Waals surface area contributed by atoms with Crippen LogP contribution in [0.1, 0.15) is 13.3 Å². The Morgan fingerprint density at radius 3 is 2.93 bits per heavy atom. The van der Waals surface area contributed by atoms with Crippen molar-refractivity contribution < 1.29 is 9.53 Å². The van der Waals surface area contributed by atoms with Crippen LogP contribution in [-0.4, -0.2) is 50.7 Å². The standard InChI is InChI=1S/C20H20N6O2/c1-2-20-13-28-11-10-26(20)17-15(23-18(20)27)12-22-19(24-17)25-9-8-21-16(25)14-6-4-3-5-7-14/h3-9,12H,2,10-11,13H2,1H3,(H,23,27)/t20-/m0/s1. The fraction of sp³-hybridized carbons (Fsp3) is 0.300. The number of morpholine rings is 1. The minimum Gasteiger partial charge on any atom is -0.377 e. The van der Waals surface area contributed by atoms with Gasteiger partial charge in [0.2, 0.25) is 5.95 Å². The first-order valence-corrected chi connectivity index (χ1v) is 9.36. The molecular formula is C20H20N6O2. The third-order valence-electron chi connectivity index (χ3n) is 5.47. The molecule has 3 aromatic rings. The first kappa shape index (κ1) is 16.9. The lowest BCUT2D eigenvalue weighted by atomic mass is 9.90. The number of benzene rings is 1. The molecule has 1 saturated heterocycles. The van der Waals surface area contributed by atoms with Crippen LogP contribution in [0.4, 0.5) is 11.5 Å². The first-order valence-electron chi connectivity index (χ1n) is 9.36. The molecule has 0 saturated carbocycles. The van der Waals surface area contributed by atoms with Gasteiger partial charge in [-0.1, -0.05) is 37.3 Å². The predicted molar refractivity (Wildman–Crippen MR) is 104 cm³/mol. The first-order chi connectivity index (χ1) is 13.7. The number of anilines is 2. The summed E-state index contributed by atoms with van der Waals surface area (Å²) in [6.45, 7) is 3.53. The van der Waals surface area contributed by atoms with E-state index in [0.717, 1.165) is 17.2 Å². The fourth-order valence-corrected chi connectivity index (χ4v) is 3.92. The van der Waals surface area contributed by atoms with Crippen LogP contribution in [0.25, 0.3) is 17.3 Å². The van der Waals surface area contributed by atoms with Gasteiger partial charge >= 0.3 is 0 Å². The molecule has 1 aromatic carbocycles. The fourth-order valence-electron chi connectivity index (χ4n) is 3.92. The molecule has 0 unspecified atom stereocenters. The van der Waals surface area contributed by atoms with E-state index in [-0.39, 0.29) is 5.91 Å². The van der Waals surface area contributed by atoms with Crippen LogP contribution >= 0.6 is 0 Å². The Kier molecular flexibility index (Phi) is 3.87. The highest BCUT2D eigenvalue weighted by molar-refractivity contribution is 6.06. The number of nitrogens with zero attached hydrogens (tertiary/aromatic N) is 5. The minimum atomic E-state index is -0.728. The third-order valence-corrected chi connectivity index (χ3v) is 5.47. The van der Waals surface area contributed by atoms with Crippen molar-refractivity contribution in [2.45, 2.75) is 18.9 Å². The second-order valence-electron chi connectivity index (χ2n) is 6.94. The molecule has 1 atom stereocenters. The number of hydrogen-bond donors (Lipinski definition) is 1. The monoisotopic (exact) mass is 376 g/mol. The van der Waals surface area contributed by atoms with Gasteiger partial charge in [-0.05, 0) is 6.42 Å². The van der Waals surface area contributed by atoms with E-state index >= 15 is 0 Å². The lowest BCUT2D eigenvalue weighted by Gasteiger charge is -2.48. The zero-order valence-electron chi connectivity index (χ0n) is 15.5. The molecule has 1 amide bonds. The van der Waals surface area contributed by atoms with Gasteiger partial charge in [-0.3, -0.25) is 9.36 Å². The molecule has 2 aliphatic heterocycles. The summed E-state index contributed by atoms with van der Waals surface area (Å²) in [5.41, 5.74) is 0.881. The Morgan fingerprint density at radius 2 is 2.11 bits per heavy atom. The predicted octanol–water partition coefficient (Wildman–Crippen LogP) is 2.27. The average molecular weight is 376 g/mol. The Labute approximate surface area is 162 Å². The molecule has 2 aromatic heterocycles. The van der Waals surface area contributed by atoms with Gasteiger partial charge in [0.15, 0.2) is 5.82 Å². The Bertz CT molecular complexity index is 1030. The van der Waals surface area contributed by atoms with Crippen LogP contribution in [-0.2, 0) is 9.53 Å². The van der Waals surface area contributed by atoms with Crippen molar-refractivity contribution in [2.75, 3.05) is 30.0 Å². The second kappa shape index (κ2) is 6.42. The van der Waals surface area contributed by atoms with Crippen LogP contribution < -0.4 is 10.2 Å². The number of carbonyl (C=O) groups excluding carboxylic acids is 1. The molecule has 142 valence electrons. The SMILES string of the molecule is CC[C@@]12COCCN1c1nc(-n3ccnc3-c3ccccc3)ncc1NC2=O. The lowest BCUT2D eigenvalue weighted by molar-refractivity contribution is -0.125. The molecule has 0 bridgehead atoms. The molecule has 2 aliphatic rings. The molecular weight excluding hydrogens is 356 g/mol. The number of aromatic nitrogens is 4. The number of hydrogen-bond acceptors (Lipinski definition) is 6. The van der Waals surface area contributed by atoms with Gasteiger partial charge < -0.3 is 15.0 Å². The van der Waals surface area contributed by atoms with Crippen LogP contribution in [0.3, 0.4) is 0 Å². The molecule has 28 heavy (non-hydrogen) atoms. The van der Waals surface area contributed by atoms with E-state index in [9.17, 15) is 4.79 Å². The Hall–Kier alpha value is -3.26. The van der Waals surface area contributed by atoms with Crippen molar-refractivity contribution in [1.82, 2.24) is 19.5 Å². The summed E-state index contributed by atoms with van der Waals surface area (Å²) >= 11 is 0. The zero-order valence-corrected chi connectivity index (χ0v) is 15.5. The summed E-state index contributed by atoms with van der Waals surface area (Å²) in [6, 6.07) is 9.92. The average Bonchev–Trinajstić information content (AvgIpc) is 3.24. The smallest absolute Gasteiger partial charge is 0.252 e. The number of imidazole rings is 1. The number of nitrogens with one attached hydrogen (secondary N) is 1. The number of carbonyl (C=O) groups is 1. The Balaban J connectivity index is 1.62. The van der Waals surface area contributed by atoms with E-state index in [4.69, 9.17) is 9.72 Å². The molecule has 5 rings (SSSR count). The van der Waals surface area contributed by atoms with Crippen molar-refractivity contribution >= 4 is 17.4 Å². The number of ether oxygens (including phenoxy) is 1. The summed E-state index contributed by atoms with van der Waals surface area (Å²) < 4.78 is 7.50. The highest BCUT2D eigenvalue weighted by Gasteiger charge is 2.49. The van der Waals surface area contributed by atoms with Gasteiger partial charge in [0.05, 0.1) is 19.4 Å². The van der Waals surface area contributed by atoms with Gasteiger partial charge in [0.1, 0.15) is 17.1 Å². The maximum Gasteiger partial charge on any atom is 0.252 e. The summed E-state index contributed by atoms with van der Waals surface area (Å²) in [4.78, 5) is 28.6. The van der Waals surface area contributed by atoms with Gasteiger partial charge in [-0.2, -0.15) is 4.98 Å². The number of amides is 1. The molecule has 0 spiro atoms. The summed E-state index contributed by atoms with van der Waals surface area (Å²) in [5.74, 6) is 1.94. The van der Waals surface area contributed by atoms with E-state index in [2.05, 4.69) is 20.2 Å². The van der Waals surface area contributed by atoms with Gasteiger partial charge in [0.25, 0.3) is 5.91 Å². The molecule has 1 fully saturated rings. The van der Waals surface area contributed by atoms with Crippen molar-refractivity contribution in [2.24, 2.45) is 0 Å². The number of fused-ring (bicyclic) bond motifs is 3. The Morgan fingerprint density at radius 1 is 1.25 bits per heavy atom. The topological polar surface area (TPSA) is 85.2 Å².